The van der Waals surface area contributed by atoms with Crippen LogP contribution in [0.2, 0.25) is 5.02 Å². The van der Waals surface area contributed by atoms with E-state index >= 15 is 0 Å². The molecule has 1 N–H and O–H groups in total. The molecule has 0 aliphatic carbocycles. The standard InChI is InChI=1S/C12H8ClF2N3O/c13-10-3-9(18-6-8(4-16)5-17)1-2-11(10)19-7-12(14)15/h1-3,6,12,18H,7H2. The maximum atomic E-state index is 12.0. The molecule has 0 saturated heterocycles. The maximum absolute atomic E-state index is 12.0. The van der Waals surface area contributed by atoms with Gasteiger partial charge in [0, 0.05) is 11.9 Å². The summed E-state index contributed by atoms with van der Waals surface area (Å²) in [6.07, 6.45) is -1.36. The number of rotatable bonds is 5. The molecule has 19 heavy (non-hydrogen) atoms. The molecule has 0 aromatic heterocycles. The quantitative estimate of drug-likeness (QED) is 0.842. The van der Waals surface area contributed by atoms with Crippen LogP contribution in [0.3, 0.4) is 0 Å². The Morgan fingerprint density at radius 1 is 1.42 bits per heavy atom. The molecule has 0 unspecified atom stereocenters. The van der Waals surface area contributed by atoms with Crippen LogP contribution in [0.25, 0.3) is 0 Å². The monoisotopic (exact) mass is 283 g/mol. The summed E-state index contributed by atoms with van der Waals surface area (Å²) < 4.78 is 28.7. The summed E-state index contributed by atoms with van der Waals surface area (Å²) in [5, 5.41) is 19.9. The second kappa shape index (κ2) is 7.20. The topological polar surface area (TPSA) is 68.8 Å². The Balaban J connectivity index is 2.75. The normalized spacial score (nSPS) is 9.37. The van der Waals surface area contributed by atoms with Gasteiger partial charge in [0.1, 0.15) is 30.1 Å². The molecule has 0 spiro atoms. The number of allylic oxidation sites excluding steroid dienone is 1. The van der Waals surface area contributed by atoms with Crippen molar-refractivity contribution in [2.24, 2.45) is 0 Å². The molecular formula is C12H8ClF2N3O. The highest BCUT2D eigenvalue weighted by atomic mass is 35.5. The van der Waals surface area contributed by atoms with Crippen molar-refractivity contribution in [3.05, 3.63) is 35.0 Å². The van der Waals surface area contributed by atoms with E-state index in [1.54, 1.807) is 12.1 Å². The fraction of sp³-hybridized carbons (Fsp3) is 0.167. The molecule has 98 valence electrons. The van der Waals surface area contributed by atoms with Gasteiger partial charge in [-0.25, -0.2) is 8.78 Å². The fourth-order valence-electron chi connectivity index (χ4n) is 1.11. The summed E-state index contributed by atoms with van der Waals surface area (Å²) in [6.45, 7) is -0.737. The van der Waals surface area contributed by atoms with E-state index in [2.05, 4.69) is 5.32 Å². The van der Waals surface area contributed by atoms with Crippen molar-refractivity contribution in [1.82, 2.24) is 0 Å². The largest absolute Gasteiger partial charge is 0.486 e. The second-order valence-electron chi connectivity index (χ2n) is 3.27. The van der Waals surface area contributed by atoms with Gasteiger partial charge in [-0.2, -0.15) is 10.5 Å². The van der Waals surface area contributed by atoms with E-state index in [9.17, 15) is 8.78 Å². The van der Waals surface area contributed by atoms with Crippen LogP contribution in [0, 0.1) is 22.7 Å². The Morgan fingerprint density at radius 3 is 2.63 bits per heavy atom. The summed E-state index contributed by atoms with van der Waals surface area (Å²) in [5.41, 5.74) is 0.395. The lowest BCUT2D eigenvalue weighted by molar-refractivity contribution is 0.0820. The molecule has 0 saturated carbocycles. The number of nitrogens with one attached hydrogen (secondary N) is 1. The molecule has 0 heterocycles. The molecule has 1 aromatic rings. The zero-order chi connectivity index (χ0) is 14.3. The average molecular weight is 284 g/mol. The third-order valence-corrected chi connectivity index (χ3v) is 2.22. The van der Waals surface area contributed by atoms with E-state index in [0.29, 0.717) is 5.69 Å². The molecule has 0 radical (unpaired) electrons. The number of alkyl halides is 2. The van der Waals surface area contributed by atoms with Crippen LogP contribution in [0.4, 0.5) is 14.5 Å². The summed E-state index contributed by atoms with van der Waals surface area (Å²) in [7, 11) is 0. The van der Waals surface area contributed by atoms with Gasteiger partial charge in [-0.15, -0.1) is 0 Å². The maximum Gasteiger partial charge on any atom is 0.272 e. The van der Waals surface area contributed by atoms with Crippen molar-refractivity contribution in [2.45, 2.75) is 6.43 Å². The summed E-state index contributed by atoms with van der Waals surface area (Å²) in [5.74, 6) is 0.136. The zero-order valence-corrected chi connectivity index (χ0v) is 10.3. The molecule has 1 aromatic carbocycles. The van der Waals surface area contributed by atoms with Gasteiger partial charge in [0.05, 0.1) is 5.02 Å². The number of hydrogen-bond acceptors (Lipinski definition) is 4. The van der Waals surface area contributed by atoms with E-state index in [1.807, 2.05) is 0 Å². The van der Waals surface area contributed by atoms with Crippen molar-refractivity contribution >= 4 is 17.3 Å². The highest BCUT2D eigenvalue weighted by Gasteiger charge is 2.07. The van der Waals surface area contributed by atoms with Gasteiger partial charge < -0.3 is 10.1 Å². The van der Waals surface area contributed by atoms with E-state index in [4.69, 9.17) is 26.9 Å². The third kappa shape index (κ3) is 4.82. The summed E-state index contributed by atoms with van der Waals surface area (Å²) in [4.78, 5) is 0. The van der Waals surface area contributed by atoms with Crippen LogP contribution in [-0.4, -0.2) is 13.0 Å². The van der Waals surface area contributed by atoms with Crippen molar-refractivity contribution in [1.29, 1.82) is 10.5 Å². The molecule has 0 aliphatic rings. The van der Waals surface area contributed by atoms with Crippen LogP contribution in [0.5, 0.6) is 5.75 Å². The first-order chi connectivity index (χ1) is 9.06. The van der Waals surface area contributed by atoms with Crippen molar-refractivity contribution in [3.63, 3.8) is 0 Å². The number of halogens is 3. The Hall–Kier alpha value is -2.31. The molecule has 1 rings (SSSR count). The predicted octanol–water partition coefficient (Wildman–Crippen LogP) is 3.33. The third-order valence-electron chi connectivity index (χ3n) is 1.92. The Bertz CT molecular complexity index is 545. The van der Waals surface area contributed by atoms with Gasteiger partial charge >= 0.3 is 0 Å². The molecule has 0 bridgehead atoms. The minimum atomic E-state index is -2.58. The van der Waals surface area contributed by atoms with Gasteiger partial charge in [-0.1, -0.05) is 11.6 Å². The molecule has 7 heteroatoms. The van der Waals surface area contributed by atoms with Gasteiger partial charge in [0.15, 0.2) is 0 Å². The minimum absolute atomic E-state index is 0.103. The molecule has 0 amide bonds. The number of benzene rings is 1. The molecule has 0 atom stereocenters. The summed E-state index contributed by atoms with van der Waals surface area (Å²) in [6, 6.07) is 7.73. The lowest BCUT2D eigenvalue weighted by Gasteiger charge is -2.09. The van der Waals surface area contributed by atoms with Gasteiger partial charge in [-0.05, 0) is 18.2 Å². The van der Waals surface area contributed by atoms with Crippen LogP contribution in [0.1, 0.15) is 0 Å². The SMILES string of the molecule is N#CC(C#N)=CNc1ccc(OCC(F)F)c(Cl)c1. The Kier molecular flexibility index (Phi) is 5.59. The van der Waals surface area contributed by atoms with Crippen LogP contribution < -0.4 is 10.1 Å². The Morgan fingerprint density at radius 2 is 2.11 bits per heavy atom. The van der Waals surface area contributed by atoms with E-state index in [0.717, 1.165) is 0 Å². The van der Waals surface area contributed by atoms with Crippen LogP contribution >= 0.6 is 11.6 Å². The lowest BCUT2D eigenvalue weighted by atomic mass is 10.3. The smallest absolute Gasteiger partial charge is 0.272 e. The van der Waals surface area contributed by atoms with Crippen molar-refractivity contribution in [3.8, 4) is 17.9 Å². The number of nitriles is 2. The minimum Gasteiger partial charge on any atom is -0.486 e. The average Bonchev–Trinajstić information content (AvgIpc) is 2.38. The number of ether oxygens (including phenoxy) is 1. The number of nitrogens with zero attached hydrogens (tertiary/aromatic N) is 2. The first kappa shape index (κ1) is 14.7. The molecule has 4 nitrogen and oxygen atoms in total. The number of anilines is 1. The highest BCUT2D eigenvalue weighted by molar-refractivity contribution is 6.32. The van der Waals surface area contributed by atoms with Gasteiger partial charge in [-0.3, -0.25) is 0 Å². The van der Waals surface area contributed by atoms with E-state index in [-0.39, 0.29) is 16.3 Å². The van der Waals surface area contributed by atoms with E-state index in [1.165, 1.54) is 24.4 Å². The van der Waals surface area contributed by atoms with E-state index < -0.39 is 13.0 Å². The van der Waals surface area contributed by atoms with Crippen molar-refractivity contribution in [2.75, 3.05) is 11.9 Å². The number of hydrogen-bond donors (Lipinski definition) is 1. The highest BCUT2D eigenvalue weighted by Crippen LogP contribution is 2.28. The lowest BCUT2D eigenvalue weighted by Crippen LogP contribution is -2.07. The first-order valence-corrected chi connectivity index (χ1v) is 5.42. The van der Waals surface area contributed by atoms with Crippen LogP contribution in [0.15, 0.2) is 30.0 Å². The Labute approximate surface area is 113 Å². The molecule has 0 aliphatic heterocycles. The predicted molar refractivity (Wildman–Crippen MR) is 65.9 cm³/mol. The molecule has 0 fully saturated rings. The first-order valence-electron chi connectivity index (χ1n) is 5.04. The van der Waals surface area contributed by atoms with Crippen LogP contribution in [-0.2, 0) is 0 Å². The second-order valence-corrected chi connectivity index (χ2v) is 3.68. The fourth-order valence-corrected chi connectivity index (χ4v) is 1.34. The van der Waals surface area contributed by atoms with Gasteiger partial charge in [0.25, 0.3) is 6.43 Å². The molecular weight excluding hydrogens is 276 g/mol. The van der Waals surface area contributed by atoms with Crippen molar-refractivity contribution < 1.29 is 13.5 Å². The summed E-state index contributed by atoms with van der Waals surface area (Å²) >= 11 is 5.84. The van der Waals surface area contributed by atoms with Gasteiger partial charge in [0.2, 0.25) is 0 Å². The zero-order valence-electron chi connectivity index (χ0n) is 9.53.